The number of hydrogen-bond acceptors (Lipinski definition) is 2. The van der Waals surface area contributed by atoms with Crippen molar-refractivity contribution in [1.82, 2.24) is 10.2 Å². The molecule has 1 atom stereocenters. The van der Waals surface area contributed by atoms with Gasteiger partial charge in [-0.1, -0.05) is 73.4 Å². The minimum atomic E-state index is -0.509. The maximum atomic E-state index is 13.3. The van der Waals surface area contributed by atoms with Gasteiger partial charge < -0.3 is 10.2 Å². The summed E-state index contributed by atoms with van der Waals surface area (Å²) in [4.78, 5) is 28.1. The van der Waals surface area contributed by atoms with Crippen LogP contribution < -0.4 is 5.32 Å². The van der Waals surface area contributed by atoms with Gasteiger partial charge in [-0.15, -0.1) is 0 Å². The molecule has 0 aromatic heterocycles. The topological polar surface area (TPSA) is 49.4 Å². The van der Waals surface area contributed by atoms with Crippen LogP contribution in [0.15, 0.2) is 48.5 Å². The first-order valence-electron chi connectivity index (χ1n) is 11.1. The van der Waals surface area contributed by atoms with Gasteiger partial charge in [-0.2, -0.15) is 0 Å². The summed E-state index contributed by atoms with van der Waals surface area (Å²) in [6.07, 6.45) is 5.95. The van der Waals surface area contributed by atoms with Crippen LogP contribution in [0.1, 0.15) is 61.3 Å². The van der Waals surface area contributed by atoms with E-state index >= 15 is 0 Å². The van der Waals surface area contributed by atoms with Crippen molar-refractivity contribution < 1.29 is 9.59 Å². The van der Waals surface area contributed by atoms with E-state index in [9.17, 15) is 9.59 Å². The summed E-state index contributed by atoms with van der Waals surface area (Å²) in [6.45, 7) is 6.35. The van der Waals surface area contributed by atoms with Crippen molar-refractivity contribution in [2.45, 2.75) is 77.9 Å². The Morgan fingerprint density at radius 2 is 1.67 bits per heavy atom. The third-order valence-corrected chi connectivity index (χ3v) is 6.20. The van der Waals surface area contributed by atoms with Crippen molar-refractivity contribution in [3.63, 3.8) is 0 Å². The quantitative estimate of drug-likeness (QED) is 0.724. The van der Waals surface area contributed by atoms with Gasteiger partial charge in [0.15, 0.2) is 0 Å². The molecule has 1 fully saturated rings. The Balaban J connectivity index is 1.76. The molecule has 1 N–H and O–H groups in total. The van der Waals surface area contributed by atoms with Gasteiger partial charge in [-0.3, -0.25) is 9.59 Å². The molecule has 0 bridgehead atoms. The van der Waals surface area contributed by atoms with Crippen LogP contribution in [0.2, 0.25) is 0 Å². The molecule has 0 saturated heterocycles. The molecule has 1 aliphatic carbocycles. The van der Waals surface area contributed by atoms with E-state index in [1.54, 1.807) is 4.90 Å². The zero-order valence-electron chi connectivity index (χ0n) is 18.5. The fourth-order valence-electron chi connectivity index (χ4n) is 4.11. The highest BCUT2D eigenvalue weighted by atomic mass is 16.2. The van der Waals surface area contributed by atoms with Gasteiger partial charge in [0.25, 0.3) is 0 Å². The van der Waals surface area contributed by atoms with E-state index in [2.05, 4.69) is 5.32 Å². The fourth-order valence-corrected chi connectivity index (χ4v) is 4.11. The first kappa shape index (κ1) is 22.1. The van der Waals surface area contributed by atoms with Gasteiger partial charge >= 0.3 is 0 Å². The summed E-state index contributed by atoms with van der Waals surface area (Å²) in [5, 5.41) is 3.19. The van der Waals surface area contributed by atoms with Crippen LogP contribution in [0.3, 0.4) is 0 Å². The lowest BCUT2D eigenvalue weighted by Gasteiger charge is -2.31. The van der Waals surface area contributed by atoms with E-state index in [0.717, 1.165) is 29.5 Å². The molecular weight excluding hydrogens is 372 g/mol. The molecule has 0 spiro atoms. The molecular formula is C26H34N2O2. The Hall–Kier alpha value is -2.62. The second-order valence-corrected chi connectivity index (χ2v) is 8.63. The maximum absolute atomic E-state index is 13.3. The molecule has 1 aliphatic rings. The van der Waals surface area contributed by atoms with Crippen molar-refractivity contribution >= 4 is 11.8 Å². The van der Waals surface area contributed by atoms with Gasteiger partial charge in [0.2, 0.25) is 11.8 Å². The number of carbonyl (C=O) groups excluding carboxylic acids is 2. The maximum Gasteiger partial charge on any atom is 0.242 e. The van der Waals surface area contributed by atoms with E-state index in [4.69, 9.17) is 0 Å². The zero-order valence-corrected chi connectivity index (χ0v) is 18.5. The molecule has 160 valence electrons. The molecule has 2 aromatic carbocycles. The van der Waals surface area contributed by atoms with Crippen LogP contribution in [-0.4, -0.2) is 28.8 Å². The molecule has 30 heavy (non-hydrogen) atoms. The van der Waals surface area contributed by atoms with Crippen LogP contribution in [0.5, 0.6) is 0 Å². The molecule has 0 aliphatic heterocycles. The number of aryl methyl sites for hydroxylation is 2. The summed E-state index contributed by atoms with van der Waals surface area (Å²) in [7, 11) is 0. The monoisotopic (exact) mass is 406 g/mol. The Labute approximate surface area is 180 Å². The first-order chi connectivity index (χ1) is 14.4. The second kappa shape index (κ2) is 10.4. The van der Waals surface area contributed by atoms with Crippen molar-refractivity contribution in [3.8, 4) is 0 Å². The summed E-state index contributed by atoms with van der Waals surface area (Å²) < 4.78 is 0. The number of carbonyl (C=O) groups is 2. The number of benzene rings is 2. The van der Waals surface area contributed by atoms with E-state index in [-0.39, 0.29) is 17.9 Å². The largest absolute Gasteiger partial charge is 0.352 e. The highest BCUT2D eigenvalue weighted by Crippen LogP contribution is 2.19. The smallest absolute Gasteiger partial charge is 0.242 e. The SMILES string of the molecule is Cc1ccc(CN(C(=O)Cc2ccccc2C)[C@@H](C)C(=O)NC2CCCCC2)cc1. The summed E-state index contributed by atoms with van der Waals surface area (Å²) >= 11 is 0. The van der Waals surface area contributed by atoms with Crippen molar-refractivity contribution in [1.29, 1.82) is 0 Å². The Kier molecular flexibility index (Phi) is 7.67. The predicted octanol–water partition coefficient (Wildman–Crippen LogP) is 4.71. The van der Waals surface area contributed by atoms with Crippen molar-refractivity contribution in [2.75, 3.05) is 0 Å². The van der Waals surface area contributed by atoms with Gasteiger partial charge in [0.1, 0.15) is 6.04 Å². The molecule has 0 radical (unpaired) electrons. The molecule has 2 amide bonds. The van der Waals surface area contributed by atoms with Crippen LogP contribution in [0, 0.1) is 13.8 Å². The van der Waals surface area contributed by atoms with E-state index in [0.29, 0.717) is 13.0 Å². The third kappa shape index (κ3) is 5.94. The fraction of sp³-hybridized carbons (Fsp3) is 0.462. The van der Waals surface area contributed by atoms with E-state index in [1.165, 1.54) is 24.8 Å². The zero-order chi connectivity index (χ0) is 21.5. The lowest BCUT2D eigenvalue weighted by Crippen LogP contribution is -2.50. The standard InChI is InChI=1S/C26H34N2O2/c1-19-13-15-22(16-14-19)18-28(25(29)17-23-10-8-7-9-20(23)2)21(3)26(30)27-24-11-5-4-6-12-24/h7-10,13-16,21,24H,4-6,11-12,17-18H2,1-3H3,(H,27,30)/t21-/m0/s1. The lowest BCUT2D eigenvalue weighted by atomic mass is 9.95. The molecule has 0 unspecified atom stereocenters. The minimum Gasteiger partial charge on any atom is -0.352 e. The highest BCUT2D eigenvalue weighted by molar-refractivity contribution is 5.88. The second-order valence-electron chi connectivity index (χ2n) is 8.63. The minimum absolute atomic E-state index is 0.0174. The van der Waals surface area contributed by atoms with Crippen LogP contribution >= 0.6 is 0 Å². The molecule has 4 heteroatoms. The first-order valence-corrected chi connectivity index (χ1v) is 11.1. The summed E-state index contributed by atoms with van der Waals surface area (Å²) in [5.41, 5.74) is 4.33. The number of nitrogens with zero attached hydrogens (tertiary/aromatic N) is 1. The molecule has 3 rings (SSSR count). The molecule has 2 aromatic rings. The number of nitrogens with one attached hydrogen (secondary N) is 1. The highest BCUT2D eigenvalue weighted by Gasteiger charge is 2.28. The molecule has 1 saturated carbocycles. The normalized spacial score (nSPS) is 15.4. The average Bonchev–Trinajstić information content (AvgIpc) is 2.75. The van der Waals surface area contributed by atoms with Gasteiger partial charge in [0, 0.05) is 12.6 Å². The Morgan fingerprint density at radius 3 is 2.33 bits per heavy atom. The number of rotatable bonds is 7. The lowest BCUT2D eigenvalue weighted by molar-refractivity contribution is -0.140. The number of hydrogen-bond donors (Lipinski definition) is 1. The van der Waals surface area contributed by atoms with Crippen molar-refractivity contribution in [3.05, 3.63) is 70.8 Å². The van der Waals surface area contributed by atoms with E-state index in [1.807, 2.05) is 69.3 Å². The predicted molar refractivity (Wildman–Crippen MR) is 121 cm³/mol. The Morgan fingerprint density at radius 1 is 1.00 bits per heavy atom. The molecule has 4 nitrogen and oxygen atoms in total. The van der Waals surface area contributed by atoms with Crippen LogP contribution in [0.25, 0.3) is 0 Å². The summed E-state index contributed by atoms with van der Waals surface area (Å²) in [5.74, 6) is -0.0664. The van der Waals surface area contributed by atoms with Gasteiger partial charge in [-0.25, -0.2) is 0 Å². The van der Waals surface area contributed by atoms with Crippen molar-refractivity contribution in [2.24, 2.45) is 0 Å². The van der Waals surface area contributed by atoms with Gasteiger partial charge in [-0.05, 0) is 50.3 Å². The Bertz CT molecular complexity index is 854. The third-order valence-electron chi connectivity index (χ3n) is 6.20. The van der Waals surface area contributed by atoms with Gasteiger partial charge in [0.05, 0.1) is 6.42 Å². The number of amides is 2. The average molecular weight is 407 g/mol. The molecule has 0 heterocycles. The van der Waals surface area contributed by atoms with E-state index < -0.39 is 6.04 Å². The van der Waals surface area contributed by atoms with Crippen LogP contribution in [-0.2, 0) is 22.6 Å². The van der Waals surface area contributed by atoms with Crippen LogP contribution in [0.4, 0.5) is 0 Å². The summed E-state index contributed by atoms with van der Waals surface area (Å²) in [6, 6.07) is 15.8.